The average molecular weight is 721 g/mol. The lowest BCUT2D eigenvalue weighted by molar-refractivity contribution is -0.0827. The Morgan fingerprint density at radius 3 is 1.29 bits per heavy atom. The lowest BCUT2D eigenvalue weighted by Crippen LogP contribution is -2.71. The van der Waals surface area contributed by atoms with Gasteiger partial charge in [-0.1, -0.05) is 13.8 Å². The number of amides is 3. The molecule has 0 saturated carbocycles. The smallest absolute Gasteiger partial charge is 0.410 e. The minimum atomic E-state index is -0.392. The van der Waals surface area contributed by atoms with Crippen molar-refractivity contribution in [3.05, 3.63) is 0 Å². The van der Waals surface area contributed by atoms with Gasteiger partial charge in [0.15, 0.2) is 0 Å². The lowest BCUT2D eigenvalue weighted by atomic mass is 9.87. The largest absolute Gasteiger partial charge is 0.449 e. The van der Waals surface area contributed by atoms with E-state index < -0.39 is 11.2 Å². The fraction of sp³-hybridized carbons (Fsp3) is 0.923. The number of likely N-dealkylation sites (tertiary alicyclic amines) is 2. The van der Waals surface area contributed by atoms with E-state index in [9.17, 15) is 14.4 Å². The van der Waals surface area contributed by atoms with Crippen molar-refractivity contribution in [1.29, 1.82) is 0 Å². The molecule has 3 amide bonds. The van der Waals surface area contributed by atoms with Crippen LogP contribution in [0.3, 0.4) is 0 Å². The van der Waals surface area contributed by atoms with Crippen molar-refractivity contribution in [3.8, 4) is 0 Å². The predicted octanol–water partition coefficient (Wildman–Crippen LogP) is 6.12. The van der Waals surface area contributed by atoms with E-state index in [1.165, 1.54) is 0 Å². The van der Waals surface area contributed by atoms with E-state index in [1.54, 1.807) is 0 Å². The molecule has 0 aromatic carbocycles. The highest BCUT2D eigenvalue weighted by atomic mass is 16.6. The van der Waals surface area contributed by atoms with Gasteiger partial charge in [0.25, 0.3) is 0 Å². The first kappa shape index (κ1) is 41.4. The number of ether oxygens (including phenoxy) is 3. The van der Waals surface area contributed by atoms with E-state index in [0.717, 1.165) is 58.5 Å². The Balaban J connectivity index is 0.000000172. The van der Waals surface area contributed by atoms with Gasteiger partial charge < -0.3 is 19.1 Å². The van der Waals surface area contributed by atoms with Crippen molar-refractivity contribution < 1.29 is 28.6 Å². The first-order chi connectivity index (χ1) is 23.5. The van der Waals surface area contributed by atoms with Crippen molar-refractivity contribution in [1.82, 2.24) is 29.4 Å². The van der Waals surface area contributed by atoms with Crippen molar-refractivity contribution in [2.24, 2.45) is 5.92 Å². The fourth-order valence-electron chi connectivity index (χ4n) is 8.23. The number of piperazine rings is 3. The zero-order valence-electron chi connectivity index (χ0n) is 34.5. The Morgan fingerprint density at radius 2 is 0.941 bits per heavy atom. The number of carbonyl (C=O) groups is 3. The van der Waals surface area contributed by atoms with Crippen LogP contribution in [0.4, 0.5) is 14.4 Å². The molecule has 0 aromatic heterocycles. The summed E-state index contributed by atoms with van der Waals surface area (Å²) in [5, 5.41) is 0. The second-order valence-corrected chi connectivity index (χ2v) is 18.9. The summed E-state index contributed by atoms with van der Waals surface area (Å²) in [7, 11) is 0. The van der Waals surface area contributed by atoms with E-state index in [2.05, 4.69) is 70.1 Å². The average Bonchev–Trinajstić information content (AvgIpc) is 3.61. The van der Waals surface area contributed by atoms with Crippen LogP contribution in [0, 0.1) is 5.92 Å². The SMILES string of the molecule is CC(C)COC(=O)N1C2CC1CN(C(C)C)C2.CC(C)N1CC2CC(C1)N2C(=O)OC(C)(C)C.CC(C)N1CC2CC1CN2C(=O)OC(C)(C)C. The van der Waals surface area contributed by atoms with Gasteiger partial charge in [0.2, 0.25) is 0 Å². The Kier molecular flexibility index (Phi) is 13.3. The maximum Gasteiger partial charge on any atom is 0.410 e. The summed E-state index contributed by atoms with van der Waals surface area (Å²) in [6.45, 7) is 35.3. The number of piperidine rings is 2. The van der Waals surface area contributed by atoms with Crippen LogP contribution in [-0.4, -0.2) is 159 Å². The zero-order chi connectivity index (χ0) is 38.2. The second kappa shape index (κ2) is 16.4. The predicted molar refractivity (Wildman–Crippen MR) is 201 cm³/mol. The molecule has 0 spiro atoms. The molecule has 8 heterocycles. The van der Waals surface area contributed by atoms with Gasteiger partial charge in [0, 0.05) is 69.5 Å². The van der Waals surface area contributed by atoms with Crippen molar-refractivity contribution >= 4 is 18.3 Å². The molecule has 8 aliphatic rings. The Labute approximate surface area is 309 Å². The van der Waals surface area contributed by atoms with Crippen LogP contribution < -0.4 is 0 Å². The Morgan fingerprint density at radius 1 is 0.529 bits per heavy atom. The molecule has 12 nitrogen and oxygen atoms in total. The molecular weight excluding hydrogens is 648 g/mol. The van der Waals surface area contributed by atoms with Crippen molar-refractivity contribution in [3.63, 3.8) is 0 Å². The number of fused-ring (bicyclic) bond motifs is 6. The van der Waals surface area contributed by atoms with Crippen LogP contribution in [0.2, 0.25) is 0 Å². The summed E-state index contributed by atoms with van der Waals surface area (Å²) in [5.41, 5.74) is -0.782. The van der Waals surface area contributed by atoms with E-state index in [4.69, 9.17) is 14.2 Å². The molecule has 294 valence electrons. The molecule has 12 heteroatoms. The molecule has 8 fully saturated rings. The maximum atomic E-state index is 12.0. The summed E-state index contributed by atoms with van der Waals surface area (Å²) < 4.78 is 16.2. The van der Waals surface area contributed by atoms with Gasteiger partial charge in [-0.3, -0.25) is 24.5 Å². The highest BCUT2D eigenvalue weighted by Crippen LogP contribution is 2.36. The quantitative estimate of drug-likeness (QED) is 0.311. The minimum absolute atomic E-state index is 0.108. The highest BCUT2D eigenvalue weighted by molar-refractivity contribution is 5.71. The number of nitrogens with zero attached hydrogens (tertiary/aromatic N) is 6. The van der Waals surface area contributed by atoms with Crippen molar-refractivity contribution in [2.75, 3.05) is 45.9 Å². The minimum Gasteiger partial charge on any atom is -0.449 e. The number of hydrogen-bond donors (Lipinski definition) is 0. The first-order valence-corrected chi connectivity index (χ1v) is 19.7. The summed E-state index contributed by atoms with van der Waals surface area (Å²) in [6, 6.07) is 4.12. The second-order valence-electron chi connectivity index (χ2n) is 18.9. The monoisotopic (exact) mass is 721 g/mol. The number of hydrogen-bond acceptors (Lipinski definition) is 9. The van der Waals surface area contributed by atoms with Gasteiger partial charge in [-0.2, -0.15) is 0 Å². The van der Waals surface area contributed by atoms with E-state index in [-0.39, 0.29) is 18.3 Å². The van der Waals surface area contributed by atoms with Crippen LogP contribution in [0.15, 0.2) is 0 Å². The molecule has 6 unspecified atom stereocenters. The first-order valence-electron chi connectivity index (χ1n) is 19.7. The van der Waals surface area contributed by atoms with Gasteiger partial charge >= 0.3 is 18.3 Å². The standard InChI is InChI=1S/3C13H24N2O2/c1-9(2)14-7-11-6-10(14)8-15(11)12(16)17-13(3,4)5;1-9(2)14-7-10-6-11(8-14)15(10)12(16)17-13(3,4)5;1-9(2)8-17-13(16)15-11-5-12(15)7-14(6-11)10(3)4/h2*9-11H,6-8H2,1-5H3;9-12H,5-8H2,1-4H3. The number of rotatable bonds is 5. The van der Waals surface area contributed by atoms with Crippen molar-refractivity contribution in [2.45, 2.75) is 182 Å². The van der Waals surface area contributed by atoms with Crippen LogP contribution in [-0.2, 0) is 14.2 Å². The molecule has 8 rings (SSSR count). The topological polar surface area (TPSA) is 98.3 Å². The zero-order valence-corrected chi connectivity index (χ0v) is 34.5. The van der Waals surface area contributed by atoms with Crippen LogP contribution in [0.25, 0.3) is 0 Å². The molecule has 8 saturated heterocycles. The van der Waals surface area contributed by atoms with Gasteiger partial charge in [0.1, 0.15) is 11.2 Å². The molecule has 0 aliphatic carbocycles. The normalized spacial score (nSPS) is 28.9. The van der Waals surface area contributed by atoms with E-state index in [0.29, 0.717) is 66.9 Å². The lowest BCUT2D eigenvalue weighted by Gasteiger charge is -2.56. The maximum absolute atomic E-state index is 12.0. The van der Waals surface area contributed by atoms with Gasteiger partial charge in [-0.15, -0.1) is 0 Å². The van der Waals surface area contributed by atoms with Crippen LogP contribution in [0.1, 0.15) is 116 Å². The third-order valence-electron chi connectivity index (χ3n) is 10.8. The molecule has 0 aromatic rings. The Bertz CT molecular complexity index is 1150. The van der Waals surface area contributed by atoms with E-state index in [1.807, 2.05) is 56.2 Å². The fourth-order valence-corrected chi connectivity index (χ4v) is 8.23. The summed E-state index contributed by atoms with van der Waals surface area (Å²) >= 11 is 0. The molecular formula is C39H72N6O6. The molecule has 6 atom stereocenters. The molecule has 51 heavy (non-hydrogen) atoms. The van der Waals surface area contributed by atoms with Gasteiger partial charge in [-0.05, 0) is 108 Å². The summed E-state index contributed by atoms with van der Waals surface area (Å²) in [4.78, 5) is 49.1. The van der Waals surface area contributed by atoms with E-state index >= 15 is 0 Å². The third kappa shape index (κ3) is 10.6. The highest BCUT2D eigenvalue weighted by Gasteiger charge is 2.50. The van der Waals surface area contributed by atoms with Crippen LogP contribution >= 0.6 is 0 Å². The molecule has 0 N–H and O–H groups in total. The molecule has 6 bridgehead atoms. The van der Waals surface area contributed by atoms with Gasteiger partial charge in [0.05, 0.1) is 30.8 Å². The van der Waals surface area contributed by atoms with Gasteiger partial charge in [-0.25, -0.2) is 14.4 Å². The summed E-state index contributed by atoms with van der Waals surface area (Å²) in [6.07, 6.45) is 3.01. The molecule has 8 aliphatic heterocycles. The number of carbonyl (C=O) groups excluding carboxylic acids is 3. The summed E-state index contributed by atoms with van der Waals surface area (Å²) in [5.74, 6) is 0.409. The Hall–Kier alpha value is -2.31. The van der Waals surface area contributed by atoms with Crippen LogP contribution in [0.5, 0.6) is 0 Å². The molecule has 0 radical (unpaired) electrons. The third-order valence-corrected chi connectivity index (χ3v) is 10.8.